The fourth-order valence-electron chi connectivity index (χ4n) is 2.25. The Kier molecular flexibility index (Phi) is 5.99. The van der Waals surface area contributed by atoms with Crippen molar-refractivity contribution < 1.29 is 18.5 Å². The second-order valence-corrected chi connectivity index (χ2v) is 7.50. The van der Waals surface area contributed by atoms with Gasteiger partial charge in [0.25, 0.3) is 5.91 Å². The summed E-state index contributed by atoms with van der Waals surface area (Å²) in [6, 6.07) is 12.0. The number of thiazole rings is 1. The van der Waals surface area contributed by atoms with E-state index in [2.05, 4.69) is 10.3 Å². The van der Waals surface area contributed by atoms with Gasteiger partial charge in [0.05, 0.1) is 27.6 Å². The van der Waals surface area contributed by atoms with Gasteiger partial charge in [-0.05, 0) is 53.8 Å². The summed E-state index contributed by atoms with van der Waals surface area (Å²) in [5.41, 5.74) is 0.721. The molecule has 1 amide bonds. The Morgan fingerprint density at radius 3 is 2.54 bits per heavy atom. The Morgan fingerprint density at radius 1 is 1.21 bits per heavy atom. The molecule has 0 aliphatic rings. The lowest BCUT2D eigenvalue weighted by molar-refractivity contribution is -0.380. The number of aromatic nitrogens is 1. The fourth-order valence-corrected chi connectivity index (χ4v) is 3.58. The first-order chi connectivity index (χ1) is 13.3. The van der Waals surface area contributed by atoms with Crippen molar-refractivity contribution in [2.24, 2.45) is 0 Å². The first-order valence-electron chi connectivity index (χ1n) is 7.52. The summed E-state index contributed by atoms with van der Waals surface area (Å²) >= 11 is 3.90. The number of hydrogen-bond donors (Lipinski definition) is 1. The first kappa shape index (κ1) is 19.9. The maximum Gasteiger partial charge on any atom is 0.345 e. The number of anilines is 3. The number of carbonyl (C=O) groups is 1. The zero-order valence-corrected chi connectivity index (χ0v) is 16.2. The summed E-state index contributed by atoms with van der Waals surface area (Å²) in [7, 11) is 0. The normalized spacial score (nSPS) is 11.6. The topological polar surface area (TPSA) is 128 Å². The molecule has 1 N–H and O–H groups in total. The highest BCUT2D eigenvalue weighted by atomic mass is 35.5. The van der Waals surface area contributed by atoms with E-state index in [1.54, 1.807) is 12.1 Å². The molecule has 1 aromatic heterocycles. The van der Waals surface area contributed by atoms with E-state index in [1.165, 1.54) is 36.4 Å². The first-order valence-corrected chi connectivity index (χ1v) is 9.74. The van der Waals surface area contributed by atoms with Gasteiger partial charge in [-0.1, -0.05) is 17.7 Å². The van der Waals surface area contributed by atoms with Gasteiger partial charge in [0, 0.05) is 10.6 Å². The number of rotatable bonds is 6. The maximum absolute atomic E-state index is 12.4. The van der Waals surface area contributed by atoms with Crippen LogP contribution in [0.2, 0.25) is 5.02 Å². The highest BCUT2D eigenvalue weighted by molar-refractivity contribution is 7.81. The van der Waals surface area contributed by atoms with Crippen molar-refractivity contribution in [1.82, 2.24) is 4.98 Å². The molecular weight excluding hydrogens is 428 g/mol. The molecule has 0 aliphatic heterocycles. The van der Waals surface area contributed by atoms with E-state index in [0.29, 0.717) is 22.0 Å². The van der Waals surface area contributed by atoms with Crippen molar-refractivity contribution >= 4 is 61.6 Å². The molecule has 0 aliphatic carbocycles. The van der Waals surface area contributed by atoms with Crippen LogP contribution in [0.4, 0.5) is 21.5 Å². The molecule has 12 heteroatoms. The molecule has 1 atom stereocenters. The highest BCUT2D eigenvalue weighted by Crippen LogP contribution is 2.29. The van der Waals surface area contributed by atoms with Gasteiger partial charge < -0.3 is 4.55 Å². The standard InChI is InChI=1S/C16H11ClN4O5S2/c17-11-4-6-12(7-5-11)20(28(25)26)13-3-1-2-10(8-13)15(22)19-16-18-9-14(27-16)21(23)24/h1-9H,(H,25,26)(H,18,19,22)/p-1. The number of benzene rings is 2. The molecule has 28 heavy (non-hydrogen) atoms. The highest BCUT2D eigenvalue weighted by Gasteiger charge is 2.16. The molecule has 144 valence electrons. The third-order valence-electron chi connectivity index (χ3n) is 3.45. The quantitative estimate of drug-likeness (QED) is 0.354. The smallest absolute Gasteiger partial charge is 0.345 e. The van der Waals surface area contributed by atoms with Gasteiger partial charge in [-0.2, -0.15) is 0 Å². The molecule has 9 nitrogen and oxygen atoms in total. The minimum Gasteiger partial charge on any atom is -0.755 e. The van der Waals surface area contributed by atoms with Crippen molar-refractivity contribution in [2.45, 2.75) is 0 Å². The Bertz CT molecular complexity index is 1060. The van der Waals surface area contributed by atoms with Crippen LogP contribution in [-0.4, -0.2) is 24.6 Å². The molecule has 2 aromatic carbocycles. The second kappa shape index (κ2) is 8.44. The summed E-state index contributed by atoms with van der Waals surface area (Å²) in [4.78, 5) is 26.3. The van der Waals surface area contributed by atoms with Crippen molar-refractivity contribution in [3.63, 3.8) is 0 Å². The Balaban J connectivity index is 1.87. The summed E-state index contributed by atoms with van der Waals surface area (Å²) in [6.45, 7) is 0. The number of nitro groups is 1. The van der Waals surface area contributed by atoms with Crippen LogP contribution in [0.5, 0.6) is 0 Å². The van der Waals surface area contributed by atoms with E-state index in [4.69, 9.17) is 11.6 Å². The molecule has 0 bridgehead atoms. The molecule has 0 radical (unpaired) electrons. The van der Waals surface area contributed by atoms with Gasteiger partial charge in [0.15, 0.2) is 5.13 Å². The van der Waals surface area contributed by atoms with Crippen molar-refractivity contribution in [1.29, 1.82) is 0 Å². The lowest BCUT2D eigenvalue weighted by Crippen LogP contribution is -2.20. The second-order valence-electron chi connectivity index (χ2n) is 5.25. The minimum absolute atomic E-state index is 0.0593. The van der Waals surface area contributed by atoms with Crippen LogP contribution in [0.15, 0.2) is 54.7 Å². The van der Waals surface area contributed by atoms with E-state index in [9.17, 15) is 23.7 Å². The lowest BCUT2D eigenvalue weighted by atomic mass is 10.2. The van der Waals surface area contributed by atoms with Crippen molar-refractivity contribution in [2.75, 3.05) is 9.62 Å². The van der Waals surface area contributed by atoms with Gasteiger partial charge in [-0.3, -0.25) is 28.7 Å². The largest absolute Gasteiger partial charge is 0.755 e. The minimum atomic E-state index is -2.65. The molecule has 0 saturated heterocycles. The van der Waals surface area contributed by atoms with Crippen molar-refractivity contribution in [3.05, 3.63) is 75.4 Å². The van der Waals surface area contributed by atoms with Gasteiger partial charge in [0.1, 0.15) is 6.20 Å². The van der Waals surface area contributed by atoms with E-state index in [0.717, 1.165) is 10.5 Å². The number of amides is 1. The molecule has 3 rings (SSSR count). The monoisotopic (exact) mass is 437 g/mol. The maximum atomic E-state index is 12.4. The van der Waals surface area contributed by atoms with E-state index in [-0.39, 0.29) is 21.4 Å². The molecule has 0 saturated carbocycles. The number of nitrogens with zero attached hydrogens (tertiary/aromatic N) is 3. The van der Waals surface area contributed by atoms with Crippen LogP contribution in [0.3, 0.4) is 0 Å². The van der Waals surface area contributed by atoms with Crippen molar-refractivity contribution in [3.8, 4) is 0 Å². The zero-order valence-electron chi connectivity index (χ0n) is 13.8. The Hall–Kier alpha value is -2.86. The van der Waals surface area contributed by atoms with E-state index >= 15 is 0 Å². The molecule has 0 spiro atoms. The van der Waals surface area contributed by atoms with Crippen LogP contribution in [0.25, 0.3) is 0 Å². The molecule has 1 unspecified atom stereocenters. The lowest BCUT2D eigenvalue weighted by Gasteiger charge is -2.26. The third-order valence-corrected chi connectivity index (χ3v) is 5.28. The van der Waals surface area contributed by atoms with Crippen LogP contribution in [0, 0.1) is 10.1 Å². The summed E-state index contributed by atoms with van der Waals surface area (Å²) < 4.78 is 24.5. The summed E-state index contributed by atoms with van der Waals surface area (Å²) in [6.07, 6.45) is 1.04. The SMILES string of the molecule is O=C(Nc1ncc([N+](=O)[O-])s1)c1cccc(N(c2ccc(Cl)cc2)S(=O)[O-])c1. The van der Waals surface area contributed by atoms with E-state index in [1.807, 2.05) is 0 Å². The number of halogens is 1. The Morgan fingerprint density at radius 2 is 1.93 bits per heavy atom. The summed E-state index contributed by atoms with van der Waals surface area (Å²) in [5, 5.41) is 13.5. The van der Waals surface area contributed by atoms with Gasteiger partial charge in [-0.25, -0.2) is 4.98 Å². The predicted octanol–water partition coefficient (Wildman–Crippen LogP) is 3.89. The number of nitrogens with one attached hydrogen (secondary N) is 1. The number of carbonyl (C=O) groups excluding carboxylic acids is 1. The van der Waals surface area contributed by atoms with Crippen LogP contribution in [-0.2, 0) is 11.3 Å². The third kappa shape index (κ3) is 4.51. The average Bonchev–Trinajstić information content (AvgIpc) is 3.12. The average molecular weight is 438 g/mol. The summed E-state index contributed by atoms with van der Waals surface area (Å²) in [5.74, 6) is -0.584. The van der Waals surface area contributed by atoms with Crippen LogP contribution in [0.1, 0.15) is 10.4 Å². The van der Waals surface area contributed by atoms with Gasteiger partial charge in [-0.15, -0.1) is 0 Å². The fraction of sp³-hybridized carbons (Fsp3) is 0. The van der Waals surface area contributed by atoms with E-state index < -0.39 is 22.1 Å². The van der Waals surface area contributed by atoms with Crippen LogP contribution >= 0.6 is 22.9 Å². The molecular formula is C16H10ClN4O5S2-. The Labute approximate surface area is 170 Å². The molecule has 3 aromatic rings. The van der Waals surface area contributed by atoms with Crippen LogP contribution < -0.4 is 9.62 Å². The van der Waals surface area contributed by atoms with Gasteiger partial charge >= 0.3 is 5.00 Å². The molecule has 0 fully saturated rings. The predicted molar refractivity (Wildman–Crippen MR) is 106 cm³/mol. The molecule has 1 heterocycles. The zero-order chi connectivity index (χ0) is 20.3. The number of hydrogen-bond acceptors (Lipinski definition) is 7. The van der Waals surface area contributed by atoms with Gasteiger partial charge in [0.2, 0.25) is 0 Å².